The maximum absolute atomic E-state index is 12.1. The average Bonchev–Trinajstić information content (AvgIpc) is 3.59. The maximum atomic E-state index is 12.1. The molecule has 7 atom stereocenters. The Bertz CT molecular complexity index is 857. The van der Waals surface area contributed by atoms with Crippen LogP contribution < -0.4 is 0 Å². The fourth-order valence-corrected chi connectivity index (χ4v) is 6.56. The Labute approximate surface area is 272 Å². The molecule has 1 saturated heterocycles. The molecule has 2 aliphatic heterocycles. The van der Waals surface area contributed by atoms with Crippen molar-refractivity contribution in [1.29, 1.82) is 0 Å². The largest absolute Gasteiger partial charge is 0.457 e. The number of unbranched alkanes of at least 4 members (excludes halogenated alkanes) is 12. The predicted molar refractivity (Wildman–Crippen MR) is 174 cm³/mol. The van der Waals surface area contributed by atoms with Gasteiger partial charge in [-0.15, -0.1) is 0 Å². The summed E-state index contributed by atoms with van der Waals surface area (Å²) in [5, 5.41) is 41.6. The van der Waals surface area contributed by atoms with Gasteiger partial charge in [-0.3, -0.25) is 4.79 Å². The second-order valence-corrected chi connectivity index (χ2v) is 13.6. The molecule has 9 nitrogen and oxygen atoms in total. The van der Waals surface area contributed by atoms with Crippen LogP contribution in [0.5, 0.6) is 0 Å². The van der Waals surface area contributed by atoms with Crippen LogP contribution in [0.25, 0.3) is 0 Å². The zero-order valence-electron chi connectivity index (χ0n) is 28.4. The molecule has 0 aromatic heterocycles. The fourth-order valence-electron chi connectivity index (χ4n) is 6.56. The van der Waals surface area contributed by atoms with Crippen LogP contribution in [0, 0.1) is 0 Å². The van der Waals surface area contributed by atoms with Gasteiger partial charge in [0.1, 0.15) is 6.10 Å². The van der Waals surface area contributed by atoms with Crippen molar-refractivity contribution in [1.82, 2.24) is 0 Å². The minimum Gasteiger partial charge on any atom is -0.457 e. The molecule has 0 amide bonds. The number of cyclic esters (lactones) is 1. The molecule has 2 heterocycles. The van der Waals surface area contributed by atoms with Crippen LogP contribution in [0.4, 0.5) is 0 Å². The van der Waals surface area contributed by atoms with Crippen molar-refractivity contribution >= 4 is 11.9 Å². The molecule has 9 heteroatoms. The number of esters is 2. The maximum Gasteiger partial charge on any atom is 0.340 e. The first kappa shape index (κ1) is 39.7. The van der Waals surface area contributed by atoms with E-state index in [9.17, 15) is 30.0 Å². The predicted octanol–water partition coefficient (Wildman–Crippen LogP) is 6.56. The Morgan fingerprint density at radius 2 is 1.24 bits per heavy atom. The van der Waals surface area contributed by atoms with Crippen molar-refractivity contribution in [2.24, 2.45) is 0 Å². The van der Waals surface area contributed by atoms with Crippen LogP contribution in [0.1, 0.15) is 162 Å². The molecular weight excluding hydrogens is 576 g/mol. The van der Waals surface area contributed by atoms with Crippen molar-refractivity contribution in [3.8, 4) is 0 Å². The Balaban J connectivity index is 1.49. The summed E-state index contributed by atoms with van der Waals surface area (Å²) in [7, 11) is 0. The van der Waals surface area contributed by atoms with Gasteiger partial charge < -0.3 is 34.6 Å². The Kier molecular flexibility index (Phi) is 19.5. The number of rotatable bonds is 26. The highest BCUT2D eigenvalue weighted by atomic mass is 16.7. The standard InChI is InChI=1S/C36H64O9/c1-4-5-6-7-8-9-10-11-12-15-21-30(39)33-24-25-34(44-33)31(40)22-18-17-20-28(38)19-14-13-16-23-32(43-27(2)37)29-26-36(3,42)45-35(29)41/h26,28,30-34,38-40,42H,4-25H2,1-3H3/t28-,30-,31-,32-,33-,34-,36?/m1/s1. The van der Waals surface area contributed by atoms with E-state index in [0.29, 0.717) is 32.1 Å². The van der Waals surface area contributed by atoms with Crippen molar-refractivity contribution in [3.63, 3.8) is 0 Å². The molecule has 2 rings (SSSR count). The fraction of sp³-hybridized carbons (Fsp3) is 0.889. The zero-order chi connectivity index (χ0) is 33.1. The summed E-state index contributed by atoms with van der Waals surface area (Å²) in [6.07, 6.45) is 20.2. The molecule has 0 radical (unpaired) electrons. The van der Waals surface area contributed by atoms with Gasteiger partial charge in [0.2, 0.25) is 5.79 Å². The van der Waals surface area contributed by atoms with E-state index in [2.05, 4.69) is 6.92 Å². The second-order valence-electron chi connectivity index (χ2n) is 13.6. The van der Waals surface area contributed by atoms with E-state index in [1.54, 1.807) is 0 Å². The van der Waals surface area contributed by atoms with Gasteiger partial charge in [-0.25, -0.2) is 4.79 Å². The van der Waals surface area contributed by atoms with Crippen molar-refractivity contribution < 1.29 is 44.2 Å². The SMILES string of the molecule is CCCCCCCCCCCC[C@@H](O)[C@H]1CC[C@H]([C@H](O)CCCC[C@H](O)CCCCC[C@@H](OC(C)=O)C2=CC(C)(O)OC2=O)O1. The highest BCUT2D eigenvalue weighted by Gasteiger charge is 2.38. The number of aliphatic hydroxyl groups excluding tert-OH is 3. The van der Waals surface area contributed by atoms with E-state index < -0.39 is 42.1 Å². The van der Waals surface area contributed by atoms with Gasteiger partial charge in [0.05, 0.1) is 36.1 Å². The number of hydrogen-bond donors (Lipinski definition) is 4. The van der Waals surface area contributed by atoms with Gasteiger partial charge >= 0.3 is 11.9 Å². The van der Waals surface area contributed by atoms with E-state index in [1.165, 1.54) is 71.3 Å². The van der Waals surface area contributed by atoms with E-state index in [1.807, 2.05) is 0 Å². The molecule has 262 valence electrons. The summed E-state index contributed by atoms with van der Waals surface area (Å²) in [4.78, 5) is 23.6. The van der Waals surface area contributed by atoms with Crippen LogP contribution >= 0.6 is 0 Å². The van der Waals surface area contributed by atoms with Crippen molar-refractivity contribution in [3.05, 3.63) is 11.6 Å². The quantitative estimate of drug-likeness (QED) is 0.0610. The molecule has 4 N–H and O–H groups in total. The van der Waals surface area contributed by atoms with Gasteiger partial charge in [-0.05, 0) is 51.4 Å². The topological polar surface area (TPSA) is 143 Å². The monoisotopic (exact) mass is 640 g/mol. The first-order valence-corrected chi connectivity index (χ1v) is 18.1. The van der Waals surface area contributed by atoms with Crippen LogP contribution in [0.2, 0.25) is 0 Å². The molecule has 1 unspecified atom stereocenters. The lowest BCUT2D eigenvalue weighted by Gasteiger charge is -2.22. The molecule has 45 heavy (non-hydrogen) atoms. The average molecular weight is 641 g/mol. The van der Waals surface area contributed by atoms with E-state index in [-0.39, 0.29) is 17.8 Å². The molecule has 0 aromatic rings. The molecule has 0 spiro atoms. The lowest BCUT2D eigenvalue weighted by Crippen LogP contribution is -2.31. The molecule has 0 aliphatic carbocycles. The number of hydrogen-bond acceptors (Lipinski definition) is 9. The van der Waals surface area contributed by atoms with Gasteiger partial charge in [0.15, 0.2) is 0 Å². The van der Waals surface area contributed by atoms with Gasteiger partial charge in [0.25, 0.3) is 0 Å². The third-order valence-corrected chi connectivity index (χ3v) is 9.20. The Morgan fingerprint density at radius 3 is 1.76 bits per heavy atom. The number of carbonyl (C=O) groups excluding carboxylic acids is 2. The van der Waals surface area contributed by atoms with E-state index in [0.717, 1.165) is 57.8 Å². The second kappa shape index (κ2) is 22.1. The summed E-state index contributed by atoms with van der Waals surface area (Å²) in [5.74, 6) is -2.87. The first-order valence-electron chi connectivity index (χ1n) is 18.1. The molecule has 0 aromatic carbocycles. The summed E-state index contributed by atoms with van der Waals surface area (Å²) in [5.41, 5.74) is 0.163. The Hall–Kier alpha value is -1.52. The van der Waals surface area contributed by atoms with Crippen LogP contribution in [0.15, 0.2) is 11.6 Å². The number of carbonyl (C=O) groups is 2. The van der Waals surface area contributed by atoms with Crippen LogP contribution in [-0.2, 0) is 23.8 Å². The highest BCUT2D eigenvalue weighted by Crippen LogP contribution is 2.30. The summed E-state index contributed by atoms with van der Waals surface area (Å²) < 4.78 is 16.2. The molecular formula is C36H64O9. The number of aliphatic hydroxyl groups is 4. The minimum atomic E-state index is -1.69. The molecule has 0 bridgehead atoms. The third-order valence-electron chi connectivity index (χ3n) is 9.20. The minimum absolute atomic E-state index is 0.163. The smallest absolute Gasteiger partial charge is 0.340 e. The van der Waals surface area contributed by atoms with Gasteiger partial charge in [0, 0.05) is 19.9 Å². The third kappa shape index (κ3) is 16.7. The lowest BCUT2D eigenvalue weighted by atomic mass is 9.98. The van der Waals surface area contributed by atoms with E-state index in [4.69, 9.17) is 14.2 Å². The summed E-state index contributed by atoms with van der Waals surface area (Å²) in [6, 6.07) is 0. The molecule has 2 aliphatic rings. The van der Waals surface area contributed by atoms with Crippen molar-refractivity contribution in [2.75, 3.05) is 0 Å². The van der Waals surface area contributed by atoms with Crippen molar-refractivity contribution in [2.45, 2.75) is 204 Å². The highest BCUT2D eigenvalue weighted by molar-refractivity contribution is 5.92. The molecule has 1 fully saturated rings. The zero-order valence-corrected chi connectivity index (χ0v) is 28.4. The van der Waals surface area contributed by atoms with E-state index >= 15 is 0 Å². The number of ether oxygens (including phenoxy) is 3. The van der Waals surface area contributed by atoms with Gasteiger partial charge in [-0.2, -0.15) is 0 Å². The lowest BCUT2D eigenvalue weighted by molar-refractivity contribution is -0.173. The summed E-state index contributed by atoms with van der Waals surface area (Å²) in [6.45, 7) is 4.89. The van der Waals surface area contributed by atoms with Gasteiger partial charge in [-0.1, -0.05) is 96.8 Å². The normalized spacial score (nSPS) is 24.2. The first-order chi connectivity index (χ1) is 21.5. The Morgan fingerprint density at radius 1 is 0.800 bits per heavy atom. The molecule has 0 saturated carbocycles. The summed E-state index contributed by atoms with van der Waals surface area (Å²) >= 11 is 0. The van der Waals surface area contributed by atoms with Crippen LogP contribution in [-0.4, -0.2) is 74.8 Å². The van der Waals surface area contributed by atoms with Crippen LogP contribution in [0.3, 0.4) is 0 Å².